The third-order valence-corrected chi connectivity index (χ3v) is 6.16. The van der Waals surface area contributed by atoms with Gasteiger partial charge in [-0.05, 0) is 18.2 Å². The molecule has 126 valence electrons. The summed E-state index contributed by atoms with van der Waals surface area (Å²) < 4.78 is 49.4. The van der Waals surface area contributed by atoms with Crippen molar-refractivity contribution in [2.45, 2.75) is 21.3 Å². The van der Waals surface area contributed by atoms with Crippen LogP contribution in [0.4, 0.5) is 0 Å². The number of aromatic amines is 2. The molecule has 24 heavy (non-hydrogen) atoms. The molecule has 0 amide bonds. The number of rotatable bonds is 6. The van der Waals surface area contributed by atoms with Crippen LogP contribution in [-0.2, 0) is 31.2 Å². The minimum Gasteiger partial charge on any atom is -0.223 e. The number of hydrogen-bond acceptors (Lipinski definition) is 10. The number of H-pyrrole nitrogens is 2. The van der Waals surface area contributed by atoms with E-state index in [4.69, 9.17) is 0 Å². The summed E-state index contributed by atoms with van der Waals surface area (Å²) in [6, 6.07) is 5.00. The first-order valence-corrected chi connectivity index (χ1v) is 9.67. The van der Waals surface area contributed by atoms with Crippen molar-refractivity contribution in [2.75, 3.05) is 0 Å². The van der Waals surface area contributed by atoms with Crippen LogP contribution in [-0.4, -0.2) is 58.1 Å². The molecule has 2 N–H and O–H groups in total. The van der Waals surface area contributed by atoms with Crippen LogP contribution in [0.2, 0.25) is 0 Å². The topological polar surface area (TPSA) is 177 Å². The van der Waals surface area contributed by atoms with Crippen molar-refractivity contribution in [3.05, 3.63) is 35.9 Å². The van der Waals surface area contributed by atoms with Gasteiger partial charge in [0.05, 0.1) is 9.79 Å². The first kappa shape index (κ1) is 16.1. The Labute approximate surface area is 135 Å². The maximum Gasteiger partial charge on any atom is 0.189 e. The smallest absolute Gasteiger partial charge is 0.189 e. The van der Waals surface area contributed by atoms with E-state index in [0.29, 0.717) is 0 Å². The molecule has 0 spiro atoms. The Morgan fingerprint density at radius 3 is 1.62 bits per heavy atom. The zero-order chi connectivity index (χ0) is 17.2. The van der Waals surface area contributed by atoms with Crippen LogP contribution >= 0.6 is 0 Å². The SMILES string of the molecule is O=S(=O)(Cc1nn[nH]n1)c1cccc(S(=O)(=O)Cc2nn[nH]n2)c1. The summed E-state index contributed by atoms with van der Waals surface area (Å²) in [6.07, 6.45) is 0. The van der Waals surface area contributed by atoms with E-state index in [2.05, 4.69) is 41.2 Å². The molecule has 0 bridgehead atoms. The van der Waals surface area contributed by atoms with Gasteiger partial charge in [-0.1, -0.05) is 16.5 Å². The van der Waals surface area contributed by atoms with Crippen molar-refractivity contribution < 1.29 is 16.8 Å². The Kier molecular flexibility index (Phi) is 4.06. The maximum atomic E-state index is 12.3. The second-order valence-electron chi connectivity index (χ2n) is 4.65. The lowest BCUT2D eigenvalue weighted by atomic mass is 10.4. The van der Waals surface area contributed by atoms with E-state index in [0.717, 1.165) is 6.07 Å². The molecule has 3 rings (SSSR count). The van der Waals surface area contributed by atoms with Crippen LogP contribution in [0.3, 0.4) is 0 Å². The number of nitrogens with one attached hydrogen (secondary N) is 2. The molecule has 0 aliphatic rings. The van der Waals surface area contributed by atoms with Gasteiger partial charge in [0.15, 0.2) is 31.3 Å². The molecule has 0 saturated heterocycles. The lowest BCUT2D eigenvalue weighted by Crippen LogP contribution is -2.10. The molecule has 3 aromatic rings. The van der Waals surface area contributed by atoms with Gasteiger partial charge in [0.2, 0.25) is 0 Å². The Bertz CT molecular complexity index is 947. The van der Waals surface area contributed by atoms with E-state index >= 15 is 0 Å². The third kappa shape index (κ3) is 3.43. The lowest BCUT2D eigenvalue weighted by molar-refractivity contribution is 0.592. The highest BCUT2D eigenvalue weighted by Gasteiger charge is 2.23. The zero-order valence-electron chi connectivity index (χ0n) is 11.9. The Morgan fingerprint density at radius 2 is 1.25 bits per heavy atom. The average Bonchev–Trinajstić information content (AvgIpc) is 3.20. The molecule has 2 heterocycles. The van der Waals surface area contributed by atoms with Crippen molar-refractivity contribution >= 4 is 19.7 Å². The van der Waals surface area contributed by atoms with Gasteiger partial charge in [-0.2, -0.15) is 10.4 Å². The molecule has 0 atom stereocenters. The van der Waals surface area contributed by atoms with Crippen molar-refractivity contribution in [3.63, 3.8) is 0 Å². The number of nitrogens with zero attached hydrogens (tertiary/aromatic N) is 6. The Morgan fingerprint density at radius 1 is 0.792 bits per heavy atom. The van der Waals surface area contributed by atoms with E-state index in [1.165, 1.54) is 18.2 Å². The van der Waals surface area contributed by atoms with Gasteiger partial charge in [-0.3, -0.25) is 0 Å². The van der Waals surface area contributed by atoms with Gasteiger partial charge >= 0.3 is 0 Å². The van der Waals surface area contributed by atoms with Crippen molar-refractivity contribution in [2.24, 2.45) is 0 Å². The van der Waals surface area contributed by atoms with Gasteiger partial charge in [0.25, 0.3) is 0 Å². The Hall–Kier alpha value is -2.74. The van der Waals surface area contributed by atoms with E-state index in [-0.39, 0.29) is 21.4 Å². The van der Waals surface area contributed by atoms with Crippen LogP contribution in [0.15, 0.2) is 34.1 Å². The fraction of sp³-hybridized carbons (Fsp3) is 0.200. The third-order valence-electron chi connectivity index (χ3n) is 2.94. The molecule has 14 heteroatoms. The molecule has 2 aromatic heterocycles. The minimum absolute atomic E-state index is 0.0185. The summed E-state index contributed by atoms with van der Waals surface area (Å²) in [5, 5.41) is 25.2. The largest absolute Gasteiger partial charge is 0.223 e. The van der Waals surface area contributed by atoms with E-state index < -0.39 is 31.2 Å². The fourth-order valence-electron chi connectivity index (χ4n) is 1.86. The predicted molar refractivity (Wildman–Crippen MR) is 76.6 cm³/mol. The summed E-state index contributed by atoms with van der Waals surface area (Å²) in [5.41, 5.74) is 0. The quantitative estimate of drug-likeness (QED) is 0.527. The summed E-state index contributed by atoms with van der Waals surface area (Å²) in [5.74, 6) is -1.04. The van der Waals surface area contributed by atoms with Crippen molar-refractivity contribution in [3.8, 4) is 0 Å². The van der Waals surface area contributed by atoms with Gasteiger partial charge in [-0.25, -0.2) is 16.8 Å². The monoisotopic (exact) mass is 370 g/mol. The summed E-state index contributed by atoms with van der Waals surface area (Å²) in [4.78, 5) is -0.331. The Balaban J connectivity index is 1.91. The molecular formula is C10H10N8O4S2. The molecule has 0 saturated carbocycles. The van der Waals surface area contributed by atoms with Crippen LogP contribution in [0.5, 0.6) is 0 Å². The zero-order valence-corrected chi connectivity index (χ0v) is 13.5. The van der Waals surface area contributed by atoms with Crippen molar-refractivity contribution in [1.29, 1.82) is 0 Å². The number of aromatic nitrogens is 8. The average molecular weight is 370 g/mol. The highest BCUT2D eigenvalue weighted by atomic mass is 32.2. The number of benzene rings is 1. The normalized spacial score (nSPS) is 12.3. The molecule has 0 unspecified atom stereocenters. The first-order valence-electron chi connectivity index (χ1n) is 6.37. The summed E-state index contributed by atoms with van der Waals surface area (Å²) >= 11 is 0. The van der Waals surface area contributed by atoms with E-state index in [9.17, 15) is 16.8 Å². The highest BCUT2D eigenvalue weighted by Crippen LogP contribution is 2.21. The molecule has 1 aromatic carbocycles. The maximum absolute atomic E-state index is 12.3. The number of sulfone groups is 2. The van der Waals surface area contributed by atoms with Crippen LogP contribution in [0.25, 0.3) is 0 Å². The lowest BCUT2D eigenvalue weighted by Gasteiger charge is -2.06. The van der Waals surface area contributed by atoms with Crippen LogP contribution < -0.4 is 0 Å². The summed E-state index contributed by atoms with van der Waals surface area (Å²) in [6.45, 7) is 0. The van der Waals surface area contributed by atoms with E-state index in [1.807, 2.05) is 0 Å². The molecule has 0 aliphatic carbocycles. The summed E-state index contributed by atoms with van der Waals surface area (Å²) in [7, 11) is -7.65. The fourth-order valence-corrected chi connectivity index (χ4v) is 4.37. The predicted octanol–water partition coefficient (Wildman–Crippen LogP) is -1.34. The van der Waals surface area contributed by atoms with Crippen LogP contribution in [0, 0.1) is 0 Å². The van der Waals surface area contributed by atoms with Gasteiger partial charge in [0.1, 0.15) is 11.5 Å². The van der Waals surface area contributed by atoms with Crippen molar-refractivity contribution in [1.82, 2.24) is 41.2 Å². The van der Waals surface area contributed by atoms with Crippen LogP contribution in [0.1, 0.15) is 11.6 Å². The second-order valence-corrected chi connectivity index (χ2v) is 8.63. The van der Waals surface area contributed by atoms with Gasteiger partial charge < -0.3 is 0 Å². The molecular weight excluding hydrogens is 360 g/mol. The number of tetrazole rings is 2. The van der Waals surface area contributed by atoms with E-state index in [1.54, 1.807) is 0 Å². The molecule has 12 nitrogen and oxygen atoms in total. The van der Waals surface area contributed by atoms with Gasteiger partial charge in [-0.15, -0.1) is 20.4 Å². The number of hydrogen-bond donors (Lipinski definition) is 2. The standard InChI is InChI=1S/C10H10N8O4S2/c19-23(20,5-9-11-15-16-12-9)7-2-1-3-8(4-7)24(21,22)6-10-13-17-18-14-10/h1-4H,5-6H2,(H,11,12,15,16)(H,13,14,17,18). The first-order chi connectivity index (χ1) is 11.4. The minimum atomic E-state index is -3.83. The molecule has 0 fully saturated rings. The molecule has 0 aliphatic heterocycles. The highest BCUT2D eigenvalue weighted by molar-refractivity contribution is 7.91. The second kappa shape index (κ2) is 6.04. The van der Waals surface area contributed by atoms with Gasteiger partial charge in [0, 0.05) is 0 Å². The molecule has 0 radical (unpaired) electrons.